The van der Waals surface area contributed by atoms with Crippen molar-refractivity contribution in [2.75, 3.05) is 26.2 Å². The number of halogens is 2. The van der Waals surface area contributed by atoms with Crippen LogP contribution in [-0.2, 0) is 11.2 Å². The Labute approximate surface area is 187 Å². The first-order valence-electron chi connectivity index (χ1n) is 9.66. The molecule has 1 heterocycles. The molecule has 0 radical (unpaired) electrons. The van der Waals surface area contributed by atoms with Crippen molar-refractivity contribution in [3.63, 3.8) is 0 Å². The number of oxazole rings is 1. The topological polar surface area (TPSA) is 91.6 Å². The molecule has 1 aromatic heterocycles. The molecule has 158 valence electrons. The van der Waals surface area contributed by atoms with E-state index in [-0.39, 0.29) is 41.6 Å². The monoisotopic (exact) mass is 515 g/mol. The molecule has 7 nitrogen and oxygen atoms in total. The molecule has 0 atom stereocenters. The summed E-state index contributed by atoms with van der Waals surface area (Å²) in [4.78, 5) is 20.5. The third-order valence-electron chi connectivity index (χ3n) is 4.29. The number of nitrogens with zero attached hydrogens (tertiary/aromatic N) is 2. The fraction of sp³-hybridized carbons (Fsp3) is 0.450. The Morgan fingerprint density at radius 2 is 1.93 bits per heavy atom. The Balaban J connectivity index is 0.00000300. The summed E-state index contributed by atoms with van der Waals surface area (Å²) in [5, 5.41) is 9.29. The van der Waals surface area contributed by atoms with Crippen molar-refractivity contribution in [1.82, 2.24) is 20.9 Å². The average molecular weight is 515 g/mol. The molecule has 2 aromatic rings. The summed E-state index contributed by atoms with van der Waals surface area (Å²) >= 11 is 0. The molecule has 3 N–H and O–H groups in total. The highest BCUT2D eigenvalue weighted by Crippen LogP contribution is 2.28. The zero-order valence-corrected chi connectivity index (χ0v) is 18.7. The van der Waals surface area contributed by atoms with Crippen molar-refractivity contribution >= 4 is 35.8 Å². The molecule has 1 aliphatic rings. The van der Waals surface area contributed by atoms with Gasteiger partial charge in [-0.05, 0) is 44.0 Å². The number of carbonyl (C=O) groups is 1. The average Bonchev–Trinajstić information content (AvgIpc) is 3.45. The molecule has 29 heavy (non-hydrogen) atoms. The molecule has 0 aliphatic heterocycles. The van der Waals surface area contributed by atoms with Crippen LogP contribution < -0.4 is 16.0 Å². The fourth-order valence-corrected chi connectivity index (χ4v) is 2.63. The minimum Gasteiger partial charge on any atom is -0.444 e. The highest BCUT2D eigenvalue weighted by atomic mass is 127. The molecule has 1 aliphatic carbocycles. The minimum absolute atomic E-state index is 0. The van der Waals surface area contributed by atoms with Gasteiger partial charge in [-0.15, -0.1) is 24.0 Å². The van der Waals surface area contributed by atoms with Crippen LogP contribution in [0.2, 0.25) is 0 Å². The number of nitrogens with one attached hydrogen (secondary N) is 3. The number of rotatable bonds is 9. The van der Waals surface area contributed by atoms with Crippen LogP contribution in [-0.4, -0.2) is 43.0 Å². The number of aliphatic imine (C=N–C) groups is 1. The first-order valence-corrected chi connectivity index (χ1v) is 9.66. The highest BCUT2D eigenvalue weighted by molar-refractivity contribution is 14.0. The van der Waals surface area contributed by atoms with Crippen molar-refractivity contribution in [2.24, 2.45) is 10.9 Å². The summed E-state index contributed by atoms with van der Waals surface area (Å²) in [6, 6.07) is 6.03. The lowest BCUT2D eigenvalue weighted by atomic mass is 10.2. The van der Waals surface area contributed by atoms with E-state index in [0.29, 0.717) is 37.9 Å². The number of aromatic nitrogens is 1. The Hall–Kier alpha value is -2.17. The van der Waals surface area contributed by atoms with Gasteiger partial charge >= 0.3 is 0 Å². The number of guanidine groups is 1. The van der Waals surface area contributed by atoms with Gasteiger partial charge in [0.25, 0.3) is 0 Å². The van der Waals surface area contributed by atoms with Crippen molar-refractivity contribution in [3.05, 3.63) is 42.0 Å². The lowest BCUT2D eigenvalue weighted by Crippen LogP contribution is -2.41. The van der Waals surface area contributed by atoms with Crippen LogP contribution in [0.25, 0.3) is 11.5 Å². The quantitative estimate of drug-likeness (QED) is 0.207. The predicted octanol–water partition coefficient (Wildman–Crippen LogP) is 2.72. The maximum absolute atomic E-state index is 13.0. The van der Waals surface area contributed by atoms with Crippen LogP contribution in [0.3, 0.4) is 0 Å². The largest absolute Gasteiger partial charge is 0.444 e. The number of hydrogen-bond donors (Lipinski definition) is 3. The van der Waals surface area contributed by atoms with Gasteiger partial charge in [0, 0.05) is 44.1 Å². The molecule has 0 saturated heterocycles. The van der Waals surface area contributed by atoms with Gasteiger partial charge in [0.05, 0.1) is 5.69 Å². The summed E-state index contributed by atoms with van der Waals surface area (Å²) in [6.45, 7) is 4.48. The molecule has 1 saturated carbocycles. The predicted molar refractivity (Wildman–Crippen MR) is 121 cm³/mol. The molecule has 0 bridgehead atoms. The van der Waals surface area contributed by atoms with E-state index < -0.39 is 0 Å². The minimum atomic E-state index is -0.291. The molecular formula is C20H27FIN5O2. The van der Waals surface area contributed by atoms with E-state index in [0.717, 1.165) is 30.6 Å². The summed E-state index contributed by atoms with van der Waals surface area (Å²) in [7, 11) is 0. The van der Waals surface area contributed by atoms with Crippen molar-refractivity contribution in [2.45, 2.75) is 26.2 Å². The molecule has 0 spiro atoms. The Morgan fingerprint density at radius 1 is 1.21 bits per heavy atom. The van der Waals surface area contributed by atoms with E-state index in [1.165, 1.54) is 12.1 Å². The van der Waals surface area contributed by atoms with E-state index in [2.05, 4.69) is 25.9 Å². The lowest BCUT2D eigenvalue weighted by Gasteiger charge is -2.11. The second kappa shape index (κ2) is 11.7. The van der Waals surface area contributed by atoms with Crippen LogP contribution in [0, 0.1) is 11.7 Å². The summed E-state index contributed by atoms with van der Waals surface area (Å²) in [6.07, 6.45) is 4.24. The third-order valence-corrected chi connectivity index (χ3v) is 4.29. The van der Waals surface area contributed by atoms with E-state index >= 15 is 0 Å². The van der Waals surface area contributed by atoms with E-state index in [1.807, 2.05) is 6.92 Å². The van der Waals surface area contributed by atoms with E-state index in [9.17, 15) is 9.18 Å². The zero-order valence-electron chi connectivity index (χ0n) is 16.4. The molecule has 1 amide bonds. The highest BCUT2D eigenvalue weighted by Gasteiger charge is 2.28. The van der Waals surface area contributed by atoms with Crippen molar-refractivity contribution in [3.8, 4) is 11.5 Å². The van der Waals surface area contributed by atoms with Crippen LogP contribution in [0.15, 0.2) is 39.9 Å². The summed E-state index contributed by atoms with van der Waals surface area (Å²) in [5.74, 6) is 1.25. The van der Waals surface area contributed by atoms with Gasteiger partial charge in [0.2, 0.25) is 11.8 Å². The third kappa shape index (κ3) is 7.64. The van der Waals surface area contributed by atoms with Gasteiger partial charge in [0.15, 0.2) is 5.96 Å². The number of benzene rings is 1. The Bertz CT molecular complexity index is 805. The molecule has 9 heteroatoms. The van der Waals surface area contributed by atoms with Gasteiger partial charge in [-0.1, -0.05) is 0 Å². The lowest BCUT2D eigenvalue weighted by molar-refractivity contribution is -0.122. The van der Waals surface area contributed by atoms with Crippen LogP contribution in [0.1, 0.15) is 25.5 Å². The fourth-order valence-electron chi connectivity index (χ4n) is 2.63. The number of carbonyl (C=O) groups excluding carboxylic acids is 1. The second-order valence-corrected chi connectivity index (χ2v) is 6.65. The number of hydrogen-bond acceptors (Lipinski definition) is 4. The SMILES string of the molecule is CCNC(=NCCc1coc(-c2ccc(F)cc2)n1)NCCNC(=O)C1CC1.I. The van der Waals surface area contributed by atoms with Crippen molar-refractivity contribution < 1.29 is 13.6 Å². The summed E-state index contributed by atoms with van der Waals surface area (Å²) in [5.41, 5.74) is 1.52. The first-order chi connectivity index (χ1) is 13.7. The smallest absolute Gasteiger partial charge is 0.226 e. The maximum atomic E-state index is 13.0. The molecule has 3 rings (SSSR count). The van der Waals surface area contributed by atoms with Crippen LogP contribution in [0.4, 0.5) is 4.39 Å². The maximum Gasteiger partial charge on any atom is 0.226 e. The van der Waals surface area contributed by atoms with Crippen molar-refractivity contribution in [1.29, 1.82) is 0 Å². The molecule has 1 aromatic carbocycles. The zero-order chi connectivity index (χ0) is 19.8. The van der Waals surface area contributed by atoms with E-state index in [1.54, 1.807) is 18.4 Å². The van der Waals surface area contributed by atoms with Gasteiger partial charge in [-0.2, -0.15) is 0 Å². The Kier molecular flexibility index (Phi) is 9.36. The first kappa shape index (κ1) is 23.1. The Morgan fingerprint density at radius 3 is 2.62 bits per heavy atom. The normalized spacial score (nSPS) is 13.5. The molecule has 0 unspecified atom stereocenters. The number of amides is 1. The van der Waals surface area contributed by atoms with Gasteiger partial charge in [0.1, 0.15) is 12.1 Å². The van der Waals surface area contributed by atoms with E-state index in [4.69, 9.17) is 4.42 Å². The van der Waals surface area contributed by atoms with Crippen LogP contribution >= 0.6 is 24.0 Å². The van der Waals surface area contributed by atoms with Crippen LogP contribution in [0.5, 0.6) is 0 Å². The molecular weight excluding hydrogens is 488 g/mol. The van der Waals surface area contributed by atoms with Gasteiger partial charge in [-0.25, -0.2) is 9.37 Å². The summed E-state index contributed by atoms with van der Waals surface area (Å²) < 4.78 is 18.5. The van der Waals surface area contributed by atoms with Gasteiger partial charge < -0.3 is 20.4 Å². The standard InChI is InChI=1S/C20H26FN5O2.HI/c1-2-22-20(25-12-11-23-18(27)14-3-4-14)24-10-9-17-13-28-19(26-17)15-5-7-16(21)8-6-15;/h5-8,13-14H,2-4,9-12H2,1H3,(H,23,27)(H2,22,24,25);1H. The second-order valence-electron chi connectivity index (χ2n) is 6.65. The molecule has 1 fully saturated rings. The van der Waals surface area contributed by atoms with Gasteiger partial charge in [-0.3, -0.25) is 9.79 Å².